The van der Waals surface area contributed by atoms with Gasteiger partial charge in [0.2, 0.25) is 0 Å². The zero-order chi connectivity index (χ0) is 21.0. The molecule has 1 rings (SSSR count). The summed E-state index contributed by atoms with van der Waals surface area (Å²) in [7, 11) is 5.74. The molecule has 0 aliphatic carbocycles. The molecule has 8 heteroatoms. The summed E-state index contributed by atoms with van der Waals surface area (Å²) in [5.74, 6) is 1.51. The molecule has 0 saturated carbocycles. The van der Waals surface area contributed by atoms with E-state index in [-0.39, 0.29) is 0 Å². The lowest BCUT2D eigenvalue weighted by Gasteiger charge is -2.20. The minimum atomic E-state index is -0.503. The van der Waals surface area contributed by atoms with Gasteiger partial charge in [0, 0.05) is 38.8 Å². The van der Waals surface area contributed by atoms with E-state index in [9.17, 15) is 4.79 Å². The van der Waals surface area contributed by atoms with Gasteiger partial charge in [-0.3, -0.25) is 4.99 Å². The Hall–Kier alpha value is -2.48. The van der Waals surface area contributed by atoms with Gasteiger partial charge < -0.3 is 30.3 Å². The van der Waals surface area contributed by atoms with Crippen molar-refractivity contribution >= 4 is 12.1 Å². The Morgan fingerprint density at radius 3 is 2.43 bits per heavy atom. The molecular formula is C20H35N5O3. The van der Waals surface area contributed by atoms with Gasteiger partial charge in [0.1, 0.15) is 18.0 Å². The lowest BCUT2D eigenvalue weighted by Crippen LogP contribution is -2.42. The van der Waals surface area contributed by atoms with Crippen molar-refractivity contribution in [3.8, 4) is 5.75 Å². The van der Waals surface area contributed by atoms with Crippen molar-refractivity contribution in [2.24, 2.45) is 4.99 Å². The standard InChI is InChI=1S/C20H35N5O3/c1-20(2,3)28-19(26)23-12-11-22-18(21-4)24-15-16-9-7-8-10-17(16)27-14-13-25(5)6/h7-10H,11-15H2,1-6H3,(H,23,26)(H2,21,22,24). The van der Waals surface area contributed by atoms with Gasteiger partial charge in [0.25, 0.3) is 0 Å². The molecule has 8 nitrogen and oxygen atoms in total. The molecule has 0 atom stereocenters. The van der Waals surface area contributed by atoms with Crippen LogP contribution in [0.5, 0.6) is 5.75 Å². The number of ether oxygens (including phenoxy) is 2. The van der Waals surface area contributed by atoms with Gasteiger partial charge >= 0.3 is 6.09 Å². The number of aliphatic imine (C=N–C) groups is 1. The van der Waals surface area contributed by atoms with Crippen LogP contribution in [0.1, 0.15) is 26.3 Å². The van der Waals surface area contributed by atoms with E-state index in [1.54, 1.807) is 7.05 Å². The van der Waals surface area contributed by atoms with Crippen LogP contribution in [-0.4, -0.2) is 69.9 Å². The average molecular weight is 394 g/mol. The number of hydrogen-bond donors (Lipinski definition) is 3. The van der Waals surface area contributed by atoms with Crippen molar-refractivity contribution < 1.29 is 14.3 Å². The largest absolute Gasteiger partial charge is 0.492 e. The lowest BCUT2D eigenvalue weighted by molar-refractivity contribution is 0.0529. The fourth-order valence-electron chi connectivity index (χ4n) is 2.19. The molecule has 1 amide bonds. The number of likely N-dealkylation sites (N-methyl/N-ethyl adjacent to an activating group) is 1. The first-order chi connectivity index (χ1) is 13.2. The minimum Gasteiger partial charge on any atom is -0.492 e. The number of guanidine groups is 1. The lowest BCUT2D eigenvalue weighted by atomic mass is 10.2. The molecule has 0 saturated heterocycles. The van der Waals surface area contributed by atoms with E-state index >= 15 is 0 Å². The van der Waals surface area contributed by atoms with Gasteiger partial charge in [-0.2, -0.15) is 0 Å². The van der Waals surface area contributed by atoms with Crippen LogP contribution >= 0.6 is 0 Å². The second-order valence-electron chi connectivity index (χ2n) is 7.54. The molecule has 0 bridgehead atoms. The van der Waals surface area contributed by atoms with E-state index in [0.29, 0.717) is 32.2 Å². The molecule has 1 aromatic carbocycles. The summed E-state index contributed by atoms with van der Waals surface area (Å²) in [5, 5.41) is 9.12. The summed E-state index contributed by atoms with van der Waals surface area (Å²) >= 11 is 0. The van der Waals surface area contributed by atoms with E-state index in [1.807, 2.05) is 59.1 Å². The molecule has 0 aliphatic rings. The summed E-state index contributed by atoms with van der Waals surface area (Å²) in [5.41, 5.74) is 0.549. The van der Waals surface area contributed by atoms with Crippen molar-refractivity contribution in [2.45, 2.75) is 32.9 Å². The highest BCUT2D eigenvalue weighted by molar-refractivity contribution is 5.79. The highest BCUT2D eigenvalue weighted by Gasteiger charge is 2.15. The normalized spacial score (nSPS) is 11.9. The smallest absolute Gasteiger partial charge is 0.407 e. The van der Waals surface area contributed by atoms with Gasteiger partial charge in [-0.15, -0.1) is 0 Å². The quantitative estimate of drug-likeness (QED) is 0.337. The number of para-hydroxylation sites is 1. The average Bonchev–Trinajstić information content (AvgIpc) is 2.60. The van der Waals surface area contributed by atoms with E-state index in [1.165, 1.54) is 0 Å². The van der Waals surface area contributed by atoms with Crippen LogP contribution in [0.2, 0.25) is 0 Å². The molecule has 0 aliphatic heterocycles. The summed E-state index contributed by atoms with van der Waals surface area (Å²) in [6, 6.07) is 7.93. The van der Waals surface area contributed by atoms with Crippen molar-refractivity contribution in [2.75, 3.05) is 47.4 Å². The Morgan fingerprint density at radius 2 is 1.79 bits per heavy atom. The van der Waals surface area contributed by atoms with Crippen LogP contribution in [0.25, 0.3) is 0 Å². The van der Waals surface area contributed by atoms with Crippen molar-refractivity contribution in [1.29, 1.82) is 0 Å². The van der Waals surface area contributed by atoms with Crippen LogP contribution < -0.4 is 20.7 Å². The Balaban J connectivity index is 2.39. The number of benzene rings is 1. The Morgan fingerprint density at radius 1 is 1.11 bits per heavy atom. The second-order valence-corrected chi connectivity index (χ2v) is 7.54. The number of carbonyl (C=O) groups excluding carboxylic acids is 1. The Bertz CT molecular complexity index is 627. The van der Waals surface area contributed by atoms with Crippen molar-refractivity contribution in [3.05, 3.63) is 29.8 Å². The van der Waals surface area contributed by atoms with Crippen LogP contribution in [-0.2, 0) is 11.3 Å². The predicted octanol–water partition coefficient (Wildman–Crippen LogP) is 1.82. The maximum atomic E-state index is 11.6. The SMILES string of the molecule is CN=C(NCCNC(=O)OC(C)(C)C)NCc1ccccc1OCCN(C)C. The Kier molecular flexibility index (Phi) is 10.2. The molecule has 0 heterocycles. The number of hydrogen-bond acceptors (Lipinski definition) is 5. The first-order valence-electron chi connectivity index (χ1n) is 9.48. The number of rotatable bonds is 9. The summed E-state index contributed by atoms with van der Waals surface area (Å²) < 4.78 is 11.1. The van der Waals surface area contributed by atoms with Gasteiger partial charge in [0.05, 0.1) is 0 Å². The highest BCUT2D eigenvalue weighted by atomic mass is 16.6. The van der Waals surface area contributed by atoms with Gasteiger partial charge in [-0.25, -0.2) is 4.79 Å². The molecule has 158 valence electrons. The fourth-order valence-corrected chi connectivity index (χ4v) is 2.19. The molecule has 1 aromatic rings. The van der Waals surface area contributed by atoms with E-state index in [0.717, 1.165) is 17.9 Å². The highest BCUT2D eigenvalue weighted by Crippen LogP contribution is 2.17. The van der Waals surface area contributed by atoms with Crippen LogP contribution in [0, 0.1) is 0 Å². The number of alkyl carbamates (subject to hydrolysis) is 1. The first-order valence-corrected chi connectivity index (χ1v) is 9.48. The monoisotopic (exact) mass is 393 g/mol. The molecule has 0 aromatic heterocycles. The van der Waals surface area contributed by atoms with Crippen molar-refractivity contribution in [3.63, 3.8) is 0 Å². The van der Waals surface area contributed by atoms with E-state index < -0.39 is 11.7 Å². The number of nitrogens with one attached hydrogen (secondary N) is 3. The molecule has 0 fully saturated rings. The third kappa shape index (κ3) is 10.6. The third-order valence-corrected chi connectivity index (χ3v) is 3.52. The second kappa shape index (κ2) is 12.1. The van der Waals surface area contributed by atoms with E-state index in [4.69, 9.17) is 9.47 Å². The number of carbonyl (C=O) groups is 1. The van der Waals surface area contributed by atoms with Gasteiger partial charge in [-0.05, 0) is 40.9 Å². The number of nitrogens with zero attached hydrogens (tertiary/aromatic N) is 2. The van der Waals surface area contributed by atoms with Crippen LogP contribution in [0.3, 0.4) is 0 Å². The van der Waals surface area contributed by atoms with Crippen LogP contribution in [0.15, 0.2) is 29.3 Å². The first kappa shape index (κ1) is 23.6. The van der Waals surface area contributed by atoms with Gasteiger partial charge in [-0.1, -0.05) is 18.2 Å². The molecular weight excluding hydrogens is 358 g/mol. The fraction of sp³-hybridized carbons (Fsp3) is 0.600. The van der Waals surface area contributed by atoms with Crippen molar-refractivity contribution in [1.82, 2.24) is 20.9 Å². The summed E-state index contributed by atoms with van der Waals surface area (Å²) in [6.45, 7) is 8.52. The van der Waals surface area contributed by atoms with Crippen LogP contribution in [0.4, 0.5) is 4.79 Å². The maximum absolute atomic E-state index is 11.6. The van der Waals surface area contributed by atoms with Gasteiger partial charge in [0.15, 0.2) is 5.96 Å². The minimum absolute atomic E-state index is 0.430. The molecule has 0 radical (unpaired) electrons. The number of amides is 1. The summed E-state index contributed by atoms with van der Waals surface area (Å²) in [4.78, 5) is 17.9. The molecule has 3 N–H and O–H groups in total. The third-order valence-electron chi connectivity index (χ3n) is 3.52. The zero-order valence-corrected chi connectivity index (χ0v) is 18.0. The maximum Gasteiger partial charge on any atom is 0.407 e. The molecule has 0 unspecified atom stereocenters. The molecule has 0 spiro atoms. The topological polar surface area (TPSA) is 87.2 Å². The summed E-state index contributed by atoms with van der Waals surface area (Å²) in [6.07, 6.45) is -0.430. The zero-order valence-electron chi connectivity index (χ0n) is 18.0. The predicted molar refractivity (Wildman–Crippen MR) is 113 cm³/mol. The molecule has 28 heavy (non-hydrogen) atoms. The van der Waals surface area contributed by atoms with E-state index in [2.05, 4.69) is 25.8 Å². The Labute approximate surface area is 168 Å².